The molecule has 28 heavy (non-hydrogen) atoms. The SMILES string of the molecule is O=C(CCN(Cc1cccc2ccccc12)C1CC1)Nc1cc(Cl)ccc1O. The Labute approximate surface area is 169 Å². The summed E-state index contributed by atoms with van der Waals surface area (Å²) in [4.78, 5) is 14.8. The molecule has 4 rings (SSSR count). The lowest BCUT2D eigenvalue weighted by molar-refractivity contribution is -0.116. The van der Waals surface area contributed by atoms with E-state index in [-0.39, 0.29) is 11.7 Å². The van der Waals surface area contributed by atoms with Crippen LogP contribution in [0.15, 0.2) is 60.7 Å². The molecule has 4 nitrogen and oxygen atoms in total. The van der Waals surface area contributed by atoms with E-state index >= 15 is 0 Å². The molecule has 0 atom stereocenters. The highest BCUT2D eigenvalue weighted by Gasteiger charge is 2.29. The van der Waals surface area contributed by atoms with E-state index in [1.54, 1.807) is 12.1 Å². The van der Waals surface area contributed by atoms with Crippen molar-refractivity contribution in [3.63, 3.8) is 0 Å². The predicted octanol–water partition coefficient (Wildman–Crippen LogP) is 5.19. The number of nitrogens with zero attached hydrogens (tertiary/aromatic N) is 1. The van der Waals surface area contributed by atoms with Gasteiger partial charge in [0, 0.05) is 30.6 Å². The number of aromatic hydroxyl groups is 1. The van der Waals surface area contributed by atoms with Crippen molar-refractivity contribution in [2.45, 2.75) is 31.8 Å². The summed E-state index contributed by atoms with van der Waals surface area (Å²) in [6, 6.07) is 20.0. The van der Waals surface area contributed by atoms with Gasteiger partial charge in [0.15, 0.2) is 0 Å². The highest BCUT2D eigenvalue weighted by Crippen LogP contribution is 2.30. The highest BCUT2D eigenvalue weighted by molar-refractivity contribution is 6.31. The molecule has 1 saturated carbocycles. The third kappa shape index (κ3) is 4.46. The Morgan fingerprint density at radius 1 is 1.11 bits per heavy atom. The summed E-state index contributed by atoms with van der Waals surface area (Å²) < 4.78 is 0. The van der Waals surface area contributed by atoms with E-state index in [9.17, 15) is 9.90 Å². The number of nitrogens with one attached hydrogen (secondary N) is 1. The van der Waals surface area contributed by atoms with Crippen LogP contribution in [0, 0.1) is 0 Å². The van der Waals surface area contributed by atoms with Crippen LogP contribution in [-0.4, -0.2) is 28.5 Å². The number of anilines is 1. The maximum Gasteiger partial charge on any atom is 0.225 e. The Kier molecular flexibility index (Phi) is 5.51. The lowest BCUT2D eigenvalue weighted by Crippen LogP contribution is -2.29. The minimum Gasteiger partial charge on any atom is -0.506 e. The van der Waals surface area contributed by atoms with Gasteiger partial charge in [0.2, 0.25) is 5.91 Å². The van der Waals surface area contributed by atoms with Gasteiger partial charge in [0.1, 0.15) is 5.75 Å². The van der Waals surface area contributed by atoms with Crippen LogP contribution in [0.4, 0.5) is 5.69 Å². The van der Waals surface area contributed by atoms with E-state index in [0.29, 0.717) is 29.7 Å². The molecule has 0 aliphatic heterocycles. The van der Waals surface area contributed by atoms with Crippen LogP contribution >= 0.6 is 11.6 Å². The number of hydrogen-bond acceptors (Lipinski definition) is 3. The molecule has 0 heterocycles. The number of benzene rings is 3. The van der Waals surface area contributed by atoms with E-state index in [4.69, 9.17) is 11.6 Å². The zero-order chi connectivity index (χ0) is 19.5. The summed E-state index contributed by atoms with van der Waals surface area (Å²) in [5, 5.41) is 15.6. The van der Waals surface area contributed by atoms with E-state index in [0.717, 1.165) is 6.54 Å². The normalized spacial score (nSPS) is 13.8. The fraction of sp³-hybridized carbons (Fsp3) is 0.261. The van der Waals surface area contributed by atoms with Gasteiger partial charge in [-0.1, -0.05) is 54.1 Å². The van der Waals surface area contributed by atoms with Gasteiger partial charge in [-0.15, -0.1) is 0 Å². The number of hydrogen-bond donors (Lipinski definition) is 2. The number of halogens is 1. The average molecular weight is 395 g/mol. The molecule has 1 aliphatic carbocycles. The molecule has 2 N–H and O–H groups in total. The molecule has 3 aromatic rings. The van der Waals surface area contributed by atoms with Crippen LogP contribution in [0.25, 0.3) is 10.8 Å². The second-order valence-electron chi connectivity index (χ2n) is 7.30. The number of phenolic OH excluding ortho intramolecular Hbond substituents is 1. The molecule has 0 unspecified atom stereocenters. The van der Waals surface area contributed by atoms with Gasteiger partial charge < -0.3 is 10.4 Å². The molecule has 1 aliphatic rings. The topological polar surface area (TPSA) is 52.6 Å². The van der Waals surface area contributed by atoms with Crippen molar-refractivity contribution in [2.24, 2.45) is 0 Å². The summed E-state index contributed by atoms with van der Waals surface area (Å²) in [6.07, 6.45) is 2.73. The van der Waals surface area contributed by atoms with Gasteiger partial charge in [0.05, 0.1) is 5.69 Å². The fourth-order valence-corrected chi connectivity index (χ4v) is 3.72. The molecule has 144 valence electrons. The van der Waals surface area contributed by atoms with Gasteiger partial charge in [-0.25, -0.2) is 0 Å². The van der Waals surface area contributed by atoms with Gasteiger partial charge in [0.25, 0.3) is 0 Å². The van der Waals surface area contributed by atoms with E-state index in [1.807, 2.05) is 0 Å². The number of carbonyl (C=O) groups is 1. The van der Waals surface area contributed by atoms with Crippen LogP contribution in [-0.2, 0) is 11.3 Å². The lowest BCUT2D eigenvalue weighted by Gasteiger charge is -2.22. The third-order valence-corrected chi connectivity index (χ3v) is 5.41. The molecule has 0 radical (unpaired) electrons. The zero-order valence-corrected chi connectivity index (χ0v) is 16.3. The van der Waals surface area contributed by atoms with E-state index < -0.39 is 0 Å². The molecule has 0 bridgehead atoms. The first-order valence-corrected chi connectivity index (χ1v) is 9.97. The predicted molar refractivity (Wildman–Crippen MR) is 114 cm³/mol. The van der Waals surface area contributed by atoms with Gasteiger partial charge in [-0.2, -0.15) is 0 Å². The minimum atomic E-state index is -0.124. The fourth-order valence-electron chi connectivity index (χ4n) is 3.55. The minimum absolute atomic E-state index is 0.0209. The van der Waals surface area contributed by atoms with Crippen molar-refractivity contribution >= 4 is 34.0 Å². The van der Waals surface area contributed by atoms with Crippen LogP contribution in [0.1, 0.15) is 24.8 Å². The second kappa shape index (κ2) is 8.21. The standard InChI is InChI=1S/C23H23ClN2O2/c24-18-8-11-22(27)21(14-18)25-23(28)12-13-26(19-9-10-19)15-17-6-3-5-16-4-1-2-7-20(16)17/h1-8,11,14,19,27H,9-10,12-13,15H2,(H,25,28). The van der Waals surface area contributed by atoms with Crippen LogP contribution < -0.4 is 5.32 Å². The Morgan fingerprint density at radius 2 is 1.89 bits per heavy atom. The average Bonchev–Trinajstić information content (AvgIpc) is 3.53. The van der Waals surface area contributed by atoms with Crippen molar-refractivity contribution in [1.29, 1.82) is 0 Å². The summed E-state index contributed by atoms with van der Waals surface area (Å²) >= 11 is 5.94. The molecule has 0 saturated heterocycles. The maximum absolute atomic E-state index is 12.4. The molecule has 0 spiro atoms. The molecule has 1 fully saturated rings. The first-order chi connectivity index (χ1) is 13.6. The Morgan fingerprint density at radius 3 is 2.71 bits per heavy atom. The Balaban J connectivity index is 1.41. The number of carbonyl (C=O) groups excluding carboxylic acids is 1. The second-order valence-corrected chi connectivity index (χ2v) is 7.74. The summed E-state index contributed by atoms with van der Waals surface area (Å²) in [5.41, 5.74) is 1.64. The highest BCUT2D eigenvalue weighted by atomic mass is 35.5. The number of rotatable bonds is 7. The van der Waals surface area contributed by atoms with Crippen molar-refractivity contribution in [3.8, 4) is 5.75 Å². The molecule has 3 aromatic carbocycles. The summed E-state index contributed by atoms with van der Waals surface area (Å²) in [7, 11) is 0. The molecule has 5 heteroatoms. The van der Waals surface area contributed by atoms with Gasteiger partial charge in [-0.3, -0.25) is 9.69 Å². The molecular formula is C23H23ClN2O2. The van der Waals surface area contributed by atoms with Crippen molar-refractivity contribution in [1.82, 2.24) is 4.90 Å². The quantitative estimate of drug-likeness (QED) is 0.542. The molecule has 1 amide bonds. The number of fused-ring (bicyclic) bond motifs is 1. The number of amides is 1. The first-order valence-electron chi connectivity index (χ1n) is 9.59. The van der Waals surface area contributed by atoms with Crippen molar-refractivity contribution in [2.75, 3.05) is 11.9 Å². The molecule has 0 aromatic heterocycles. The van der Waals surface area contributed by atoms with Crippen LogP contribution in [0.2, 0.25) is 5.02 Å². The van der Waals surface area contributed by atoms with E-state index in [2.05, 4.69) is 52.7 Å². The van der Waals surface area contributed by atoms with E-state index in [1.165, 1.54) is 35.2 Å². The first kappa shape index (κ1) is 18.8. The summed E-state index contributed by atoms with van der Waals surface area (Å²) in [5.74, 6) is -0.103. The Hall–Kier alpha value is -2.56. The van der Waals surface area contributed by atoms with Gasteiger partial charge in [-0.05, 0) is 47.4 Å². The van der Waals surface area contributed by atoms with Gasteiger partial charge >= 0.3 is 0 Å². The zero-order valence-electron chi connectivity index (χ0n) is 15.6. The smallest absolute Gasteiger partial charge is 0.225 e. The van der Waals surface area contributed by atoms with Crippen molar-refractivity contribution in [3.05, 3.63) is 71.2 Å². The monoisotopic (exact) mass is 394 g/mol. The summed E-state index contributed by atoms with van der Waals surface area (Å²) in [6.45, 7) is 1.52. The lowest BCUT2D eigenvalue weighted by atomic mass is 10.0. The third-order valence-electron chi connectivity index (χ3n) is 5.18. The van der Waals surface area contributed by atoms with Crippen molar-refractivity contribution < 1.29 is 9.90 Å². The maximum atomic E-state index is 12.4. The number of phenols is 1. The largest absolute Gasteiger partial charge is 0.506 e. The van der Waals surface area contributed by atoms with Crippen LogP contribution in [0.5, 0.6) is 5.75 Å². The Bertz CT molecular complexity index is 996. The molecular weight excluding hydrogens is 372 g/mol. The van der Waals surface area contributed by atoms with Crippen LogP contribution in [0.3, 0.4) is 0 Å².